The molecule has 0 aromatic heterocycles. The lowest BCUT2D eigenvalue weighted by atomic mass is 10.1. The predicted octanol–water partition coefficient (Wildman–Crippen LogP) is 4.31. The second-order valence-electron chi connectivity index (χ2n) is 7.07. The summed E-state index contributed by atoms with van der Waals surface area (Å²) in [6, 6.07) is 25.5. The highest BCUT2D eigenvalue weighted by molar-refractivity contribution is 5.96. The van der Waals surface area contributed by atoms with Crippen LogP contribution in [-0.4, -0.2) is 25.2 Å². The molecule has 1 unspecified atom stereocenters. The van der Waals surface area contributed by atoms with Crippen LogP contribution in [-0.2, 0) is 33.9 Å². The van der Waals surface area contributed by atoms with Gasteiger partial charge in [0.1, 0.15) is 12.6 Å². The minimum Gasteiger partial charge on any atom is -0.445 e. The highest BCUT2D eigenvalue weighted by Gasteiger charge is 2.22. The summed E-state index contributed by atoms with van der Waals surface area (Å²) in [7, 11) is 1.62. The van der Waals surface area contributed by atoms with Gasteiger partial charge in [0.25, 0.3) is 0 Å². The lowest BCUT2D eigenvalue weighted by molar-refractivity contribution is -0.118. The fourth-order valence-corrected chi connectivity index (χ4v) is 3.10. The van der Waals surface area contributed by atoms with Gasteiger partial charge in [0.15, 0.2) is 0 Å². The van der Waals surface area contributed by atoms with Crippen molar-refractivity contribution in [1.29, 1.82) is 0 Å². The Morgan fingerprint density at radius 3 is 2.13 bits per heavy atom. The molecule has 0 fully saturated rings. The van der Waals surface area contributed by atoms with Gasteiger partial charge in [-0.1, -0.05) is 72.8 Å². The number of hydrogen-bond donors (Lipinski definition) is 2. The van der Waals surface area contributed by atoms with E-state index in [1.807, 2.05) is 78.9 Å². The van der Waals surface area contributed by atoms with Crippen molar-refractivity contribution in [2.75, 3.05) is 12.4 Å². The zero-order chi connectivity index (χ0) is 21.9. The number of alkyl carbamates (subject to hydrolysis) is 1. The first-order chi connectivity index (χ1) is 15.1. The average molecular weight is 418 g/mol. The molecule has 31 heavy (non-hydrogen) atoms. The maximum atomic E-state index is 13.0. The number of nitrogens with one attached hydrogen (secondary N) is 2. The molecule has 0 radical (unpaired) electrons. The lowest BCUT2D eigenvalue weighted by Gasteiger charge is -2.19. The van der Waals surface area contributed by atoms with Crippen LogP contribution >= 0.6 is 0 Å². The van der Waals surface area contributed by atoms with Crippen molar-refractivity contribution in [3.63, 3.8) is 0 Å². The molecule has 0 heterocycles. The van der Waals surface area contributed by atoms with Crippen LogP contribution in [0.1, 0.15) is 16.7 Å². The number of benzene rings is 3. The smallest absolute Gasteiger partial charge is 0.408 e. The number of methoxy groups -OCH3 is 1. The van der Waals surface area contributed by atoms with Gasteiger partial charge in [0.05, 0.1) is 6.61 Å². The van der Waals surface area contributed by atoms with E-state index in [0.717, 1.165) is 16.7 Å². The average Bonchev–Trinajstić information content (AvgIpc) is 2.79. The standard InChI is InChI=1S/C25H26N2O4/c1-30-17-21-13-8-14-22(15-21)26-24(28)23(16-19-9-4-2-5-10-19)27-25(29)31-18-20-11-6-3-7-12-20/h2-15,23H,16-18H2,1H3,(H,26,28)(H,27,29). The first kappa shape index (κ1) is 22.1. The van der Waals surface area contributed by atoms with Crippen LogP contribution < -0.4 is 10.6 Å². The maximum Gasteiger partial charge on any atom is 0.408 e. The zero-order valence-electron chi connectivity index (χ0n) is 17.4. The molecule has 0 saturated carbocycles. The molecule has 6 nitrogen and oxygen atoms in total. The van der Waals surface area contributed by atoms with Crippen LogP contribution in [0.25, 0.3) is 0 Å². The van der Waals surface area contributed by atoms with E-state index in [4.69, 9.17) is 9.47 Å². The van der Waals surface area contributed by atoms with Crippen LogP contribution in [0.5, 0.6) is 0 Å². The molecule has 2 N–H and O–H groups in total. The molecule has 6 heteroatoms. The summed E-state index contributed by atoms with van der Waals surface area (Å²) in [6.45, 7) is 0.576. The minimum absolute atomic E-state index is 0.130. The Kier molecular flexibility index (Phi) is 8.20. The van der Waals surface area contributed by atoms with Crippen molar-refractivity contribution < 1.29 is 19.1 Å². The van der Waals surface area contributed by atoms with Crippen molar-refractivity contribution in [1.82, 2.24) is 5.32 Å². The monoisotopic (exact) mass is 418 g/mol. The largest absolute Gasteiger partial charge is 0.445 e. The highest BCUT2D eigenvalue weighted by Crippen LogP contribution is 2.13. The SMILES string of the molecule is COCc1cccc(NC(=O)C(Cc2ccccc2)NC(=O)OCc2ccccc2)c1. The molecule has 0 aliphatic heterocycles. The van der Waals surface area contributed by atoms with Gasteiger partial charge in [-0.25, -0.2) is 4.79 Å². The second kappa shape index (κ2) is 11.5. The van der Waals surface area contributed by atoms with E-state index in [0.29, 0.717) is 18.7 Å². The van der Waals surface area contributed by atoms with E-state index in [1.165, 1.54) is 0 Å². The fourth-order valence-electron chi connectivity index (χ4n) is 3.10. The summed E-state index contributed by atoms with van der Waals surface area (Å²) >= 11 is 0. The third-order valence-electron chi connectivity index (χ3n) is 4.61. The molecule has 3 aromatic rings. The Balaban J connectivity index is 1.67. The molecule has 1 atom stereocenters. The Bertz CT molecular complexity index is 977. The van der Waals surface area contributed by atoms with E-state index >= 15 is 0 Å². The number of anilines is 1. The fraction of sp³-hybridized carbons (Fsp3) is 0.200. The van der Waals surface area contributed by atoms with Crippen LogP contribution in [0.2, 0.25) is 0 Å². The van der Waals surface area contributed by atoms with Gasteiger partial charge in [-0.15, -0.1) is 0 Å². The topological polar surface area (TPSA) is 76.7 Å². The summed E-state index contributed by atoms with van der Waals surface area (Å²) in [4.78, 5) is 25.4. The molecule has 0 bridgehead atoms. The van der Waals surface area contributed by atoms with Gasteiger partial charge >= 0.3 is 6.09 Å². The van der Waals surface area contributed by atoms with Gasteiger partial charge in [0, 0.05) is 19.2 Å². The lowest BCUT2D eigenvalue weighted by Crippen LogP contribution is -2.45. The normalized spacial score (nSPS) is 11.4. The number of carbonyl (C=O) groups is 2. The molecule has 3 rings (SSSR count). The molecule has 2 amide bonds. The molecule has 0 spiro atoms. The van der Waals surface area contributed by atoms with Gasteiger partial charge in [-0.2, -0.15) is 0 Å². The number of hydrogen-bond acceptors (Lipinski definition) is 4. The molecule has 0 saturated heterocycles. The van der Waals surface area contributed by atoms with Gasteiger partial charge in [-0.05, 0) is 28.8 Å². The van der Waals surface area contributed by atoms with Crippen molar-refractivity contribution in [2.45, 2.75) is 25.7 Å². The van der Waals surface area contributed by atoms with Crippen LogP contribution in [0.15, 0.2) is 84.9 Å². The molecule has 0 aliphatic carbocycles. The van der Waals surface area contributed by atoms with Gasteiger partial charge < -0.3 is 20.1 Å². The third kappa shape index (κ3) is 7.28. The summed E-state index contributed by atoms with van der Waals surface area (Å²) in [5.41, 5.74) is 3.38. The number of rotatable bonds is 9. The van der Waals surface area contributed by atoms with Crippen molar-refractivity contribution in [3.8, 4) is 0 Å². The minimum atomic E-state index is -0.795. The molecule has 3 aromatic carbocycles. The summed E-state index contributed by atoms with van der Waals surface area (Å²) in [5.74, 6) is -0.324. The van der Waals surface area contributed by atoms with Crippen molar-refractivity contribution in [2.24, 2.45) is 0 Å². The van der Waals surface area contributed by atoms with Gasteiger partial charge in [0.2, 0.25) is 5.91 Å². The Morgan fingerprint density at radius 1 is 0.806 bits per heavy atom. The van der Waals surface area contributed by atoms with Crippen LogP contribution in [0.4, 0.5) is 10.5 Å². The Hall–Kier alpha value is -3.64. The van der Waals surface area contributed by atoms with E-state index in [-0.39, 0.29) is 12.5 Å². The Morgan fingerprint density at radius 2 is 1.45 bits per heavy atom. The van der Waals surface area contributed by atoms with E-state index in [9.17, 15) is 9.59 Å². The highest BCUT2D eigenvalue weighted by atomic mass is 16.5. The summed E-state index contributed by atoms with van der Waals surface area (Å²) in [6.07, 6.45) is -0.307. The summed E-state index contributed by atoms with van der Waals surface area (Å²) < 4.78 is 10.4. The van der Waals surface area contributed by atoms with Crippen molar-refractivity contribution >= 4 is 17.7 Å². The zero-order valence-corrected chi connectivity index (χ0v) is 17.4. The van der Waals surface area contributed by atoms with E-state index < -0.39 is 12.1 Å². The van der Waals surface area contributed by atoms with Crippen molar-refractivity contribution in [3.05, 3.63) is 102 Å². The Labute approximate surface area is 182 Å². The number of carbonyl (C=O) groups excluding carboxylic acids is 2. The maximum absolute atomic E-state index is 13.0. The summed E-state index contributed by atoms with van der Waals surface area (Å²) in [5, 5.41) is 5.57. The molecular formula is C25H26N2O4. The van der Waals surface area contributed by atoms with Crippen LogP contribution in [0.3, 0.4) is 0 Å². The number of ether oxygens (including phenoxy) is 2. The predicted molar refractivity (Wildman–Crippen MR) is 119 cm³/mol. The molecular weight excluding hydrogens is 392 g/mol. The molecule has 160 valence electrons. The first-order valence-corrected chi connectivity index (χ1v) is 10.0. The molecule has 0 aliphatic rings. The number of amides is 2. The van der Waals surface area contributed by atoms with E-state index in [1.54, 1.807) is 13.2 Å². The van der Waals surface area contributed by atoms with Crippen LogP contribution in [0, 0.1) is 0 Å². The van der Waals surface area contributed by atoms with E-state index in [2.05, 4.69) is 10.6 Å². The quantitative estimate of drug-likeness (QED) is 0.543. The third-order valence-corrected chi connectivity index (χ3v) is 4.61. The first-order valence-electron chi connectivity index (χ1n) is 10.0. The second-order valence-corrected chi connectivity index (χ2v) is 7.07. The van der Waals surface area contributed by atoms with Gasteiger partial charge in [-0.3, -0.25) is 4.79 Å².